The summed E-state index contributed by atoms with van der Waals surface area (Å²) < 4.78 is 10.5. The van der Waals surface area contributed by atoms with E-state index in [1.54, 1.807) is 14.2 Å². The van der Waals surface area contributed by atoms with E-state index in [0.29, 0.717) is 0 Å². The number of hydrogen-bond acceptors (Lipinski definition) is 3. The smallest absolute Gasteiger partial charge is 0.127 e. The van der Waals surface area contributed by atoms with Crippen LogP contribution in [0.4, 0.5) is 0 Å². The third kappa shape index (κ3) is 3.39. The predicted molar refractivity (Wildman–Crippen MR) is 64.8 cm³/mol. The van der Waals surface area contributed by atoms with Crippen LogP contribution >= 0.6 is 15.9 Å². The topological polar surface area (TPSA) is 21.7 Å². The Kier molecular flexibility index (Phi) is 4.91. The molecule has 84 valence electrons. The molecule has 0 N–H and O–H groups in total. The predicted octanol–water partition coefficient (Wildman–Crippen LogP) is 2.49. The van der Waals surface area contributed by atoms with Crippen molar-refractivity contribution in [3.63, 3.8) is 0 Å². The largest absolute Gasteiger partial charge is 0.497 e. The molecule has 4 heteroatoms. The van der Waals surface area contributed by atoms with Crippen LogP contribution in [0.15, 0.2) is 18.2 Å². The van der Waals surface area contributed by atoms with E-state index < -0.39 is 0 Å². The molecule has 0 atom stereocenters. The monoisotopic (exact) mass is 273 g/mol. The molecule has 0 amide bonds. The molecule has 0 saturated carbocycles. The Hall–Kier alpha value is -0.740. The van der Waals surface area contributed by atoms with Crippen molar-refractivity contribution in [3.05, 3.63) is 23.8 Å². The van der Waals surface area contributed by atoms with Crippen molar-refractivity contribution in [2.24, 2.45) is 0 Å². The quantitative estimate of drug-likeness (QED) is 0.608. The molecule has 0 aliphatic rings. The highest BCUT2D eigenvalue weighted by atomic mass is 79.9. The Morgan fingerprint density at radius 1 is 1.27 bits per heavy atom. The molecule has 0 bridgehead atoms. The summed E-state index contributed by atoms with van der Waals surface area (Å²) in [4.78, 5) is 2.14. The van der Waals surface area contributed by atoms with Gasteiger partial charge in [-0.2, -0.15) is 0 Å². The molecule has 0 aliphatic heterocycles. The second-order valence-electron chi connectivity index (χ2n) is 3.31. The van der Waals surface area contributed by atoms with Gasteiger partial charge in [-0.1, -0.05) is 22.0 Å². The van der Waals surface area contributed by atoms with Gasteiger partial charge in [0.15, 0.2) is 0 Å². The van der Waals surface area contributed by atoms with Gasteiger partial charge in [-0.25, -0.2) is 0 Å². The van der Waals surface area contributed by atoms with Crippen LogP contribution in [0.2, 0.25) is 0 Å². The van der Waals surface area contributed by atoms with E-state index in [1.807, 2.05) is 25.2 Å². The first-order valence-electron chi connectivity index (χ1n) is 4.66. The third-order valence-corrected chi connectivity index (χ3v) is 2.99. The molecule has 0 saturated heterocycles. The number of nitrogens with zero attached hydrogens (tertiary/aromatic N) is 1. The van der Waals surface area contributed by atoms with Crippen molar-refractivity contribution in [2.75, 3.05) is 26.7 Å². The van der Waals surface area contributed by atoms with Crippen LogP contribution in [0.25, 0.3) is 0 Å². The minimum atomic E-state index is 0.817. The molecule has 1 rings (SSSR count). The first kappa shape index (κ1) is 12.3. The zero-order chi connectivity index (χ0) is 11.3. The minimum absolute atomic E-state index is 0.817. The van der Waals surface area contributed by atoms with Crippen LogP contribution in [-0.4, -0.2) is 31.6 Å². The molecule has 1 aromatic rings. The van der Waals surface area contributed by atoms with Gasteiger partial charge in [0, 0.05) is 18.2 Å². The van der Waals surface area contributed by atoms with Crippen LogP contribution in [0.3, 0.4) is 0 Å². The van der Waals surface area contributed by atoms with E-state index in [-0.39, 0.29) is 0 Å². The summed E-state index contributed by atoms with van der Waals surface area (Å²) in [5.74, 6) is 1.68. The molecular weight excluding hydrogens is 258 g/mol. The highest BCUT2D eigenvalue weighted by Crippen LogP contribution is 2.25. The Balaban J connectivity index is 2.87. The fourth-order valence-electron chi connectivity index (χ4n) is 1.32. The summed E-state index contributed by atoms with van der Waals surface area (Å²) in [6.45, 7) is 0.846. The SMILES string of the molecule is COc1ccc(CN(C)CBr)c(OC)c1. The van der Waals surface area contributed by atoms with E-state index >= 15 is 0 Å². The van der Waals surface area contributed by atoms with Crippen LogP contribution in [0.5, 0.6) is 11.5 Å². The Labute approximate surface area is 99.1 Å². The molecule has 0 heterocycles. The molecule has 0 aliphatic carbocycles. The summed E-state index contributed by atoms with van der Waals surface area (Å²) in [6.07, 6.45) is 0. The van der Waals surface area contributed by atoms with E-state index in [1.165, 1.54) is 0 Å². The fourth-order valence-corrected chi connectivity index (χ4v) is 1.49. The lowest BCUT2D eigenvalue weighted by molar-refractivity contribution is 0.360. The molecule has 3 nitrogen and oxygen atoms in total. The molecule has 15 heavy (non-hydrogen) atoms. The zero-order valence-electron chi connectivity index (χ0n) is 9.29. The maximum Gasteiger partial charge on any atom is 0.127 e. The second kappa shape index (κ2) is 5.98. The molecule has 0 fully saturated rings. The van der Waals surface area contributed by atoms with Gasteiger partial charge >= 0.3 is 0 Å². The number of rotatable bonds is 5. The van der Waals surface area contributed by atoms with Gasteiger partial charge in [0.2, 0.25) is 0 Å². The zero-order valence-corrected chi connectivity index (χ0v) is 10.9. The molecule has 0 spiro atoms. The third-order valence-electron chi connectivity index (χ3n) is 2.14. The maximum absolute atomic E-state index is 5.31. The van der Waals surface area contributed by atoms with E-state index in [9.17, 15) is 0 Å². The molecular formula is C11H16BrNO2. The van der Waals surface area contributed by atoms with E-state index in [4.69, 9.17) is 9.47 Å². The second-order valence-corrected chi connectivity index (χ2v) is 3.81. The fraction of sp³-hybridized carbons (Fsp3) is 0.455. The van der Waals surface area contributed by atoms with Crippen LogP contribution in [-0.2, 0) is 6.54 Å². The summed E-state index contributed by atoms with van der Waals surface area (Å²) in [7, 11) is 5.36. The number of halogens is 1. The average Bonchev–Trinajstić information content (AvgIpc) is 2.29. The lowest BCUT2D eigenvalue weighted by Crippen LogP contribution is -2.15. The Bertz CT molecular complexity index is 317. The summed E-state index contributed by atoms with van der Waals surface area (Å²) in [5.41, 5.74) is 1.99. The van der Waals surface area contributed by atoms with E-state index in [2.05, 4.69) is 20.8 Å². The highest BCUT2D eigenvalue weighted by Gasteiger charge is 2.06. The summed E-state index contributed by atoms with van der Waals surface area (Å²) in [5, 5.41) is 0. The first-order chi connectivity index (χ1) is 7.21. The van der Waals surface area contributed by atoms with Crippen molar-refractivity contribution in [3.8, 4) is 11.5 Å². The Morgan fingerprint density at radius 2 is 2.00 bits per heavy atom. The van der Waals surface area contributed by atoms with Gasteiger partial charge in [-0.15, -0.1) is 0 Å². The van der Waals surface area contributed by atoms with Gasteiger partial charge in [-0.05, 0) is 13.1 Å². The normalized spacial score (nSPS) is 10.5. The van der Waals surface area contributed by atoms with Gasteiger partial charge in [-0.3, -0.25) is 4.90 Å². The van der Waals surface area contributed by atoms with Crippen molar-refractivity contribution < 1.29 is 9.47 Å². The lowest BCUT2D eigenvalue weighted by atomic mass is 10.2. The van der Waals surface area contributed by atoms with Crippen LogP contribution < -0.4 is 9.47 Å². The van der Waals surface area contributed by atoms with Gasteiger partial charge in [0.25, 0.3) is 0 Å². The summed E-state index contributed by atoms with van der Waals surface area (Å²) in [6, 6.07) is 5.87. The number of methoxy groups -OCH3 is 2. The van der Waals surface area contributed by atoms with Gasteiger partial charge < -0.3 is 9.47 Å². The van der Waals surface area contributed by atoms with Crippen molar-refractivity contribution in [1.29, 1.82) is 0 Å². The average molecular weight is 274 g/mol. The van der Waals surface area contributed by atoms with Crippen molar-refractivity contribution >= 4 is 15.9 Å². The standard InChI is InChI=1S/C11H16BrNO2/c1-13(8-12)7-9-4-5-10(14-2)6-11(9)15-3/h4-6H,7-8H2,1-3H3. The molecule has 0 aromatic heterocycles. The van der Waals surface area contributed by atoms with Gasteiger partial charge in [0.1, 0.15) is 11.5 Å². The molecule has 1 aromatic carbocycles. The highest BCUT2D eigenvalue weighted by molar-refractivity contribution is 9.09. The number of benzene rings is 1. The number of hydrogen-bond donors (Lipinski definition) is 0. The lowest BCUT2D eigenvalue weighted by Gasteiger charge is -2.16. The molecule has 0 unspecified atom stereocenters. The molecule has 0 radical (unpaired) electrons. The van der Waals surface area contributed by atoms with Crippen molar-refractivity contribution in [2.45, 2.75) is 6.54 Å². The number of alkyl halides is 1. The van der Waals surface area contributed by atoms with Crippen LogP contribution in [0.1, 0.15) is 5.56 Å². The van der Waals surface area contributed by atoms with E-state index in [0.717, 1.165) is 29.1 Å². The minimum Gasteiger partial charge on any atom is -0.497 e. The van der Waals surface area contributed by atoms with Gasteiger partial charge in [0.05, 0.1) is 19.7 Å². The Morgan fingerprint density at radius 3 is 2.53 bits per heavy atom. The summed E-state index contributed by atoms with van der Waals surface area (Å²) >= 11 is 3.41. The van der Waals surface area contributed by atoms with Crippen LogP contribution in [0, 0.1) is 0 Å². The maximum atomic E-state index is 5.31. The number of ether oxygens (including phenoxy) is 2. The van der Waals surface area contributed by atoms with Crippen molar-refractivity contribution in [1.82, 2.24) is 4.90 Å². The first-order valence-corrected chi connectivity index (χ1v) is 5.78.